The average molecular weight is 414 g/mol. The second-order valence-corrected chi connectivity index (χ2v) is 8.43. The van der Waals surface area contributed by atoms with E-state index in [9.17, 15) is 4.79 Å². The van der Waals surface area contributed by atoms with Gasteiger partial charge in [-0.05, 0) is 25.1 Å². The molecule has 0 aliphatic rings. The van der Waals surface area contributed by atoms with Crippen LogP contribution in [0.2, 0.25) is 0 Å². The van der Waals surface area contributed by atoms with Crippen LogP contribution in [0, 0.1) is 6.92 Å². The third-order valence-corrected chi connectivity index (χ3v) is 6.42. The lowest BCUT2D eigenvalue weighted by Crippen LogP contribution is -2.27. The van der Waals surface area contributed by atoms with Gasteiger partial charge in [0.05, 0.1) is 34.3 Å². The van der Waals surface area contributed by atoms with Crippen molar-refractivity contribution in [3.63, 3.8) is 0 Å². The zero-order valence-corrected chi connectivity index (χ0v) is 17.4. The highest BCUT2D eigenvalue weighted by Crippen LogP contribution is 2.26. The Morgan fingerprint density at radius 1 is 1.29 bits per heavy atom. The number of benzene rings is 1. The number of furan rings is 1. The normalized spacial score (nSPS) is 11.2. The Morgan fingerprint density at radius 2 is 2.11 bits per heavy atom. The maximum atomic E-state index is 12.5. The van der Waals surface area contributed by atoms with Gasteiger partial charge < -0.3 is 13.9 Å². The van der Waals surface area contributed by atoms with Crippen molar-refractivity contribution in [2.45, 2.75) is 18.6 Å². The van der Waals surface area contributed by atoms with Crippen molar-refractivity contribution in [3.8, 4) is 11.4 Å². The van der Waals surface area contributed by atoms with Gasteiger partial charge in [0.25, 0.3) is 0 Å². The van der Waals surface area contributed by atoms with E-state index in [0.717, 1.165) is 32.4 Å². The quantitative estimate of drug-likeness (QED) is 0.448. The summed E-state index contributed by atoms with van der Waals surface area (Å²) in [7, 11) is 3.69. The number of thiazole rings is 1. The molecule has 0 aliphatic carbocycles. The van der Waals surface area contributed by atoms with E-state index in [1.54, 1.807) is 29.5 Å². The van der Waals surface area contributed by atoms with Crippen LogP contribution in [0.15, 0.2) is 46.2 Å². The van der Waals surface area contributed by atoms with Crippen LogP contribution < -0.4 is 0 Å². The van der Waals surface area contributed by atoms with E-state index in [0.29, 0.717) is 11.7 Å². The first kappa shape index (κ1) is 18.7. The Morgan fingerprint density at radius 3 is 2.86 bits per heavy atom. The van der Waals surface area contributed by atoms with Gasteiger partial charge in [-0.25, -0.2) is 4.98 Å². The first-order valence-electron chi connectivity index (χ1n) is 8.68. The molecule has 1 amide bonds. The highest BCUT2D eigenvalue weighted by atomic mass is 32.2. The maximum absolute atomic E-state index is 12.5. The smallest absolute Gasteiger partial charge is 0.233 e. The molecule has 4 rings (SSSR count). The van der Waals surface area contributed by atoms with Crippen LogP contribution in [0.4, 0.5) is 0 Å². The summed E-state index contributed by atoms with van der Waals surface area (Å²) in [5.74, 6) is 1.83. The second kappa shape index (κ2) is 7.76. The van der Waals surface area contributed by atoms with Crippen LogP contribution in [0.25, 0.3) is 21.6 Å². The molecule has 0 bridgehead atoms. The summed E-state index contributed by atoms with van der Waals surface area (Å²) < 4.78 is 8.35. The minimum Gasteiger partial charge on any atom is -0.469 e. The Hall–Kier alpha value is -2.65. The summed E-state index contributed by atoms with van der Waals surface area (Å²) in [5, 5.41) is 10.1. The van der Waals surface area contributed by atoms with Gasteiger partial charge in [-0.3, -0.25) is 4.79 Å². The van der Waals surface area contributed by atoms with Crippen molar-refractivity contribution in [1.29, 1.82) is 0 Å². The molecule has 3 heterocycles. The number of para-hydroxylation sites is 1. The zero-order chi connectivity index (χ0) is 19.7. The summed E-state index contributed by atoms with van der Waals surface area (Å²) in [6, 6.07) is 9.86. The van der Waals surface area contributed by atoms with Crippen LogP contribution in [0.3, 0.4) is 0 Å². The van der Waals surface area contributed by atoms with Crippen LogP contribution in [-0.4, -0.2) is 43.4 Å². The summed E-state index contributed by atoms with van der Waals surface area (Å²) >= 11 is 2.99. The van der Waals surface area contributed by atoms with E-state index in [1.807, 2.05) is 48.9 Å². The van der Waals surface area contributed by atoms with Crippen LogP contribution in [0.5, 0.6) is 0 Å². The van der Waals surface area contributed by atoms with Crippen LogP contribution in [-0.2, 0) is 18.4 Å². The van der Waals surface area contributed by atoms with E-state index in [-0.39, 0.29) is 11.7 Å². The molecule has 1 aromatic carbocycles. The number of amides is 1. The largest absolute Gasteiger partial charge is 0.469 e. The highest BCUT2D eigenvalue weighted by Gasteiger charge is 2.17. The van der Waals surface area contributed by atoms with E-state index >= 15 is 0 Å². The standard InChI is InChI=1S/C19H19N5O2S2/c1-12-13(8-9-26-12)18-21-22-19(24(18)3)27-11-17(25)23(2)10-16-20-14-6-4-5-7-15(14)28-16/h4-9H,10-11H2,1-3H3. The molecule has 0 fully saturated rings. The number of carbonyl (C=O) groups excluding carboxylic acids is 1. The average Bonchev–Trinajstić information content (AvgIpc) is 3.37. The van der Waals surface area contributed by atoms with Gasteiger partial charge in [0.2, 0.25) is 5.91 Å². The molecule has 144 valence electrons. The minimum atomic E-state index is 0.0216. The maximum Gasteiger partial charge on any atom is 0.233 e. The topological polar surface area (TPSA) is 77.1 Å². The molecule has 7 nitrogen and oxygen atoms in total. The first-order chi connectivity index (χ1) is 13.5. The predicted octanol–water partition coefficient (Wildman–Crippen LogP) is 3.74. The number of nitrogens with zero attached hydrogens (tertiary/aromatic N) is 5. The van der Waals surface area contributed by atoms with E-state index in [1.165, 1.54) is 11.8 Å². The van der Waals surface area contributed by atoms with Crippen LogP contribution >= 0.6 is 23.1 Å². The molecular weight excluding hydrogens is 394 g/mol. The molecule has 9 heteroatoms. The van der Waals surface area contributed by atoms with Gasteiger partial charge in [0, 0.05) is 14.1 Å². The molecule has 0 saturated heterocycles. The fraction of sp³-hybridized carbons (Fsp3) is 0.263. The second-order valence-electron chi connectivity index (χ2n) is 6.37. The molecule has 0 unspecified atom stereocenters. The molecular formula is C19H19N5O2S2. The van der Waals surface area contributed by atoms with Crippen molar-refractivity contribution >= 4 is 39.2 Å². The predicted molar refractivity (Wildman–Crippen MR) is 110 cm³/mol. The summed E-state index contributed by atoms with van der Waals surface area (Å²) in [4.78, 5) is 18.8. The van der Waals surface area contributed by atoms with Gasteiger partial charge >= 0.3 is 0 Å². The highest BCUT2D eigenvalue weighted by molar-refractivity contribution is 7.99. The number of hydrogen-bond acceptors (Lipinski definition) is 7. The van der Waals surface area contributed by atoms with Crippen molar-refractivity contribution in [1.82, 2.24) is 24.6 Å². The van der Waals surface area contributed by atoms with Gasteiger partial charge in [-0.15, -0.1) is 21.5 Å². The summed E-state index contributed by atoms with van der Waals surface area (Å²) in [5.41, 5.74) is 1.88. The molecule has 3 aromatic heterocycles. The molecule has 28 heavy (non-hydrogen) atoms. The first-order valence-corrected chi connectivity index (χ1v) is 10.5. The molecule has 0 radical (unpaired) electrons. The van der Waals surface area contributed by atoms with Crippen molar-refractivity contribution < 1.29 is 9.21 Å². The number of carbonyl (C=O) groups is 1. The van der Waals surface area contributed by atoms with Gasteiger partial charge in [0.1, 0.15) is 10.8 Å². The van der Waals surface area contributed by atoms with Crippen molar-refractivity contribution in [2.24, 2.45) is 7.05 Å². The monoisotopic (exact) mass is 413 g/mol. The lowest BCUT2D eigenvalue weighted by molar-refractivity contribution is -0.127. The Kier molecular flexibility index (Phi) is 5.19. The molecule has 0 atom stereocenters. The minimum absolute atomic E-state index is 0.0216. The fourth-order valence-electron chi connectivity index (χ4n) is 2.81. The summed E-state index contributed by atoms with van der Waals surface area (Å²) in [6.07, 6.45) is 1.63. The summed E-state index contributed by atoms with van der Waals surface area (Å²) in [6.45, 7) is 2.38. The van der Waals surface area contributed by atoms with Gasteiger partial charge in [0.15, 0.2) is 11.0 Å². The fourth-order valence-corrected chi connectivity index (χ4v) is 4.68. The molecule has 4 aromatic rings. The zero-order valence-electron chi connectivity index (χ0n) is 15.7. The van der Waals surface area contributed by atoms with Crippen LogP contribution in [0.1, 0.15) is 10.8 Å². The van der Waals surface area contributed by atoms with E-state index in [2.05, 4.69) is 15.2 Å². The van der Waals surface area contributed by atoms with Crippen molar-refractivity contribution in [3.05, 3.63) is 47.4 Å². The lowest BCUT2D eigenvalue weighted by atomic mass is 10.2. The third-order valence-electron chi connectivity index (χ3n) is 4.40. The Balaban J connectivity index is 1.39. The molecule has 0 aliphatic heterocycles. The number of aryl methyl sites for hydroxylation is 1. The van der Waals surface area contributed by atoms with Gasteiger partial charge in [-0.2, -0.15) is 0 Å². The molecule has 0 spiro atoms. The van der Waals surface area contributed by atoms with Gasteiger partial charge in [-0.1, -0.05) is 23.9 Å². The number of fused-ring (bicyclic) bond motifs is 1. The molecule has 0 saturated carbocycles. The van der Waals surface area contributed by atoms with Crippen molar-refractivity contribution in [2.75, 3.05) is 12.8 Å². The SMILES string of the molecule is Cc1occc1-c1nnc(SCC(=O)N(C)Cc2nc3ccccc3s2)n1C. The Bertz CT molecular complexity index is 1100. The number of rotatable bonds is 6. The Labute approximate surface area is 170 Å². The number of hydrogen-bond donors (Lipinski definition) is 0. The van der Waals surface area contributed by atoms with E-state index in [4.69, 9.17) is 4.42 Å². The number of thioether (sulfide) groups is 1. The molecule has 0 N–H and O–H groups in total. The van der Waals surface area contributed by atoms with E-state index < -0.39 is 0 Å². The lowest BCUT2D eigenvalue weighted by Gasteiger charge is -2.15. The third kappa shape index (κ3) is 3.67. The number of aromatic nitrogens is 4.